The Kier molecular flexibility index (Phi) is 10.5. The molecule has 0 heterocycles. The molecule has 6 N–H and O–H groups in total. The van der Waals surface area contributed by atoms with Crippen molar-refractivity contribution in [2.75, 3.05) is 13.1 Å². The minimum atomic E-state index is -4.61. The van der Waals surface area contributed by atoms with E-state index in [1.165, 1.54) is 0 Å². The van der Waals surface area contributed by atoms with Gasteiger partial charge in [-0.3, -0.25) is 4.55 Å². The van der Waals surface area contributed by atoms with Crippen molar-refractivity contribution in [1.29, 1.82) is 0 Å². The first-order valence-corrected chi connectivity index (χ1v) is 4.55. The summed E-state index contributed by atoms with van der Waals surface area (Å²) in [5.74, 6) is 0. The van der Waals surface area contributed by atoms with E-state index in [1.54, 1.807) is 0 Å². The third-order valence-corrected chi connectivity index (χ3v) is 0.941. The molecule has 8 heteroatoms. The fraction of sp³-hybridized carbons (Fsp3) is 1.00. The number of hydrogen-bond donors (Lipinski definition) is 4. The SMILES string of the molecule is NCCCCN.O=S(=O)(O)OO. The third kappa shape index (κ3) is 22.6. The Labute approximate surface area is 71.2 Å². The zero-order chi connectivity index (χ0) is 10.0. The van der Waals surface area contributed by atoms with E-state index in [1.807, 2.05) is 0 Å². The van der Waals surface area contributed by atoms with Crippen LogP contribution in [0.4, 0.5) is 0 Å². The summed E-state index contributed by atoms with van der Waals surface area (Å²) in [5, 5.41) is 7.06. The molecule has 0 aromatic heterocycles. The Morgan fingerprint density at radius 2 is 1.42 bits per heavy atom. The quantitative estimate of drug-likeness (QED) is 0.198. The van der Waals surface area contributed by atoms with Gasteiger partial charge in [-0.1, -0.05) is 4.33 Å². The third-order valence-electron chi connectivity index (χ3n) is 0.752. The highest BCUT2D eigenvalue weighted by molar-refractivity contribution is 7.80. The molecule has 0 amide bonds. The van der Waals surface area contributed by atoms with Gasteiger partial charge < -0.3 is 11.5 Å². The summed E-state index contributed by atoms with van der Waals surface area (Å²) >= 11 is 0. The van der Waals surface area contributed by atoms with Crippen molar-refractivity contribution >= 4 is 10.4 Å². The molecule has 0 atom stereocenters. The second kappa shape index (κ2) is 8.84. The molecule has 0 aliphatic rings. The number of rotatable bonds is 4. The highest BCUT2D eigenvalue weighted by Crippen LogP contribution is 1.77. The van der Waals surface area contributed by atoms with Crippen LogP contribution in [0, 0.1) is 0 Å². The molecular formula is C4H14N2O5S. The van der Waals surface area contributed by atoms with E-state index in [0.717, 1.165) is 25.9 Å². The maximum atomic E-state index is 9.08. The van der Waals surface area contributed by atoms with Crippen LogP contribution >= 0.6 is 0 Å². The van der Waals surface area contributed by atoms with Crippen molar-refractivity contribution in [2.24, 2.45) is 11.5 Å². The zero-order valence-electron chi connectivity index (χ0n) is 6.51. The van der Waals surface area contributed by atoms with Crippen LogP contribution in [-0.2, 0) is 14.7 Å². The standard InChI is InChI=1S/C4H12N2.H2O5S/c5-3-1-2-4-6;1-5-6(2,3)4/h1-6H2;1H,(H,2,3,4). The van der Waals surface area contributed by atoms with Gasteiger partial charge in [0, 0.05) is 0 Å². The van der Waals surface area contributed by atoms with Gasteiger partial charge in [0.2, 0.25) is 0 Å². The monoisotopic (exact) mass is 202 g/mol. The average Bonchev–Trinajstić information content (AvgIpc) is 2.01. The van der Waals surface area contributed by atoms with E-state index in [-0.39, 0.29) is 0 Å². The first kappa shape index (κ1) is 14.3. The first-order chi connectivity index (χ1) is 5.47. The lowest BCUT2D eigenvalue weighted by Gasteiger charge is -1.87. The van der Waals surface area contributed by atoms with Gasteiger partial charge in [-0.05, 0) is 25.9 Å². The summed E-state index contributed by atoms with van der Waals surface area (Å²) in [7, 11) is -4.61. The van der Waals surface area contributed by atoms with E-state index >= 15 is 0 Å². The molecule has 0 saturated heterocycles. The van der Waals surface area contributed by atoms with Gasteiger partial charge in [0.05, 0.1) is 0 Å². The lowest BCUT2D eigenvalue weighted by Crippen LogP contribution is -2.03. The second-order valence-corrected chi connectivity index (χ2v) is 2.79. The number of hydrogen-bond acceptors (Lipinski definition) is 6. The van der Waals surface area contributed by atoms with Gasteiger partial charge in [0.25, 0.3) is 0 Å². The fourth-order valence-corrected chi connectivity index (χ4v) is 0.289. The van der Waals surface area contributed by atoms with Crippen LogP contribution in [0.2, 0.25) is 0 Å². The smallest absolute Gasteiger partial charge is 0.330 e. The maximum Gasteiger partial charge on any atom is 0.423 e. The van der Waals surface area contributed by atoms with Crippen molar-refractivity contribution in [3.05, 3.63) is 0 Å². The van der Waals surface area contributed by atoms with E-state index in [9.17, 15) is 0 Å². The Balaban J connectivity index is 0. The summed E-state index contributed by atoms with van der Waals surface area (Å²) in [5.41, 5.74) is 10.3. The van der Waals surface area contributed by atoms with Crippen LogP contribution in [0.1, 0.15) is 12.8 Å². The lowest BCUT2D eigenvalue weighted by atomic mass is 10.3. The van der Waals surface area contributed by atoms with Crippen molar-refractivity contribution in [1.82, 2.24) is 0 Å². The topological polar surface area (TPSA) is 136 Å². The molecule has 0 rings (SSSR count). The molecule has 0 aliphatic heterocycles. The fourth-order valence-electron chi connectivity index (χ4n) is 0.289. The number of unbranched alkanes of at least 4 members (excludes halogenated alkanes) is 1. The van der Waals surface area contributed by atoms with Crippen LogP contribution in [0.25, 0.3) is 0 Å². The highest BCUT2D eigenvalue weighted by atomic mass is 32.3. The van der Waals surface area contributed by atoms with E-state index < -0.39 is 10.4 Å². The van der Waals surface area contributed by atoms with E-state index in [4.69, 9.17) is 29.7 Å². The van der Waals surface area contributed by atoms with Gasteiger partial charge in [0.15, 0.2) is 0 Å². The molecule has 12 heavy (non-hydrogen) atoms. The molecule has 0 aromatic rings. The minimum absolute atomic E-state index is 0.775. The molecule has 0 saturated carbocycles. The van der Waals surface area contributed by atoms with Gasteiger partial charge in [-0.25, -0.2) is 5.26 Å². The zero-order valence-corrected chi connectivity index (χ0v) is 7.33. The van der Waals surface area contributed by atoms with Crippen LogP contribution in [-0.4, -0.2) is 31.3 Å². The van der Waals surface area contributed by atoms with Gasteiger partial charge in [-0.15, -0.1) is 0 Å². The first-order valence-electron chi connectivity index (χ1n) is 3.18. The van der Waals surface area contributed by atoms with Crippen molar-refractivity contribution in [2.45, 2.75) is 12.8 Å². The van der Waals surface area contributed by atoms with Crippen LogP contribution in [0.15, 0.2) is 0 Å². The molecule has 0 spiro atoms. The van der Waals surface area contributed by atoms with Crippen LogP contribution < -0.4 is 11.5 Å². The normalized spacial score (nSPS) is 10.3. The molecule has 0 fully saturated rings. The van der Waals surface area contributed by atoms with Gasteiger partial charge in [0.1, 0.15) is 0 Å². The van der Waals surface area contributed by atoms with Gasteiger partial charge >= 0.3 is 10.4 Å². The molecule has 0 unspecified atom stereocenters. The summed E-state index contributed by atoms with van der Waals surface area (Å²) in [6.45, 7) is 1.55. The lowest BCUT2D eigenvalue weighted by molar-refractivity contribution is -0.139. The molecule has 0 aliphatic carbocycles. The highest BCUT2D eigenvalue weighted by Gasteiger charge is 1.97. The van der Waals surface area contributed by atoms with E-state index in [0.29, 0.717) is 0 Å². The van der Waals surface area contributed by atoms with Crippen LogP contribution in [0.3, 0.4) is 0 Å². The second-order valence-electron chi connectivity index (χ2n) is 1.79. The van der Waals surface area contributed by atoms with Crippen molar-refractivity contribution in [3.8, 4) is 0 Å². The summed E-state index contributed by atoms with van der Waals surface area (Å²) in [6.07, 6.45) is 2.13. The Morgan fingerprint density at radius 3 is 1.50 bits per heavy atom. The summed E-state index contributed by atoms with van der Waals surface area (Å²) in [4.78, 5) is 0. The molecule has 0 aromatic carbocycles. The Hall–Kier alpha value is -0.250. The molecule has 7 nitrogen and oxygen atoms in total. The largest absolute Gasteiger partial charge is 0.423 e. The van der Waals surface area contributed by atoms with Crippen LogP contribution in [0.5, 0.6) is 0 Å². The minimum Gasteiger partial charge on any atom is -0.330 e. The summed E-state index contributed by atoms with van der Waals surface area (Å²) < 4.78 is 28.0. The van der Waals surface area contributed by atoms with Gasteiger partial charge in [-0.2, -0.15) is 8.42 Å². The van der Waals surface area contributed by atoms with Crippen molar-refractivity contribution < 1.29 is 22.6 Å². The van der Waals surface area contributed by atoms with E-state index in [2.05, 4.69) is 4.33 Å². The summed E-state index contributed by atoms with van der Waals surface area (Å²) in [6, 6.07) is 0. The maximum absolute atomic E-state index is 9.08. The Bertz CT molecular complexity index is 164. The Morgan fingerprint density at radius 1 is 1.17 bits per heavy atom. The average molecular weight is 202 g/mol. The molecule has 76 valence electrons. The predicted octanol–water partition coefficient (Wildman–Crippen LogP) is -1.04. The number of nitrogens with two attached hydrogens (primary N) is 2. The predicted molar refractivity (Wildman–Crippen MR) is 42.6 cm³/mol. The molecule has 0 radical (unpaired) electrons. The molecule has 0 bridgehead atoms. The van der Waals surface area contributed by atoms with Crippen molar-refractivity contribution in [3.63, 3.8) is 0 Å². The molecular weight excluding hydrogens is 188 g/mol.